The van der Waals surface area contributed by atoms with Gasteiger partial charge >= 0.3 is 0 Å². The van der Waals surface area contributed by atoms with Gasteiger partial charge in [0.05, 0.1) is 6.54 Å². The maximum absolute atomic E-state index is 13.5. The molecule has 1 unspecified atom stereocenters. The van der Waals surface area contributed by atoms with E-state index in [9.17, 15) is 9.59 Å². The molecule has 7 nitrogen and oxygen atoms in total. The number of amides is 2. The second kappa shape index (κ2) is 12.7. The zero-order chi connectivity index (χ0) is 25.3. The van der Waals surface area contributed by atoms with Gasteiger partial charge < -0.3 is 14.3 Å². The van der Waals surface area contributed by atoms with Crippen LogP contribution in [-0.4, -0.2) is 51.4 Å². The molecule has 36 heavy (non-hydrogen) atoms. The highest BCUT2D eigenvalue weighted by atomic mass is 35.5. The summed E-state index contributed by atoms with van der Waals surface area (Å²) >= 11 is 6.11. The normalized spacial score (nSPS) is 15.6. The summed E-state index contributed by atoms with van der Waals surface area (Å²) in [6.07, 6.45) is 5.50. The highest BCUT2D eigenvalue weighted by molar-refractivity contribution is 6.30. The molecule has 1 aromatic heterocycles. The van der Waals surface area contributed by atoms with Gasteiger partial charge in [-0.15, -0.1) is 0 Å². The van der Waals surface area contributed by atoms with Crippen LogP contribution in [0.5, 0.6) is 0 Å². The molecule has 8 heteroatoms. The Hall–Kier alpha value is -3.19. The van der Waals surface area contributed by atoms with Crippen molar-refractivity contribution in [1.29, 1.82) is 0 Å². The van der Waals surface area contributed by atoms with E-state index in [4.69, 9.17) is 16.1 Å². The Balaban J connectivity index is 1.44. The van der Waals surface area contributed by atoms with Gasteiger partial charge in [0.1, 0.15) is 6.04 Å². The number of piperidine rings is 1. The van der Waals surface area contributed by atoms with E-state index in [0.29, 0.717) is 42.7 Å². The molecule has 1 fully saturated rings. The van der Waals surface area contributed by atoms with E-state index in [1.165, 1.54) is 0 Å². The molecular weight excluding hydrogens is 476 g/mol. The molecule has 190 valence electrons. The van der Waals surface area contributed by atoms with Crippen molar-refractivity contribution in [3.8, 4) is 11.4 Å². The van der Waals surface area contributed by atoms with Gasteiger partial charge in [0.25, 0.3) is 0 Å². The summed E-state index contributed by atoms with van der Waals surface area (Å²) < 4.78 is 5.61. The first-order valence-electron chi connectivity index (χ1n) is 12.8. The number of likely N-dealkylation sites (tertiary alicyclic amines) is 1. The van der Waals surface area contributed by atoms with E-state index in [1.807, 2.05) is 47.4 Å². The molecule has 1 atom stereocenters. The number of carbonyl (C=O) groups is 2. The molecule has 2 heterocycles. The zero-order valence-corrected chi connectivity index (χ0v) is 21.5. The lowest BCUT2D eigenvalue weighted by atomic mass is 10.0. The van der Waals surface area contributed by atoms with Crippen molar-refractivity contribution in [2.45, 2.75) is 57.9 Å². The molecule has 0 aliphatic carbocycles. The highest BCUT2D eigenvalue weighted by Crippen LogP contribution is 2.31. The standard InChI is InChI=1S/C28H33ClN4O3/c1-2-3-17-32(25(34)16-15-21-10-5-4-6-11-21)20-26(35)33-18-8-7-14-24(33)28-30-27(31-36-28)22-12-9-13-23(29)19-22/h4-6,9-13,19,24H,2-3,7-8,14-18,20H2,1H3. The topological polar surface area (TPSA) is 79.5 Å². The second-order valence-electron chi connectivity index (χ2n) is 9.22. The van der Waals surface area contributed by atoms with Crippen molar-refractivity contribution in [3.63, 3.8) is 0 Å². The monoisotopic (exact) mass is 508 g/mol. The van der Waals surface area contributed by atoms with Crippen LogP contribution < -0.4 is 0 Å². The van der Waals surface area contributed by atoms with E-state index >= 15 is 0 Å². The van der Waals surface area contributed by atoms with Crippen LogP contribution in [0.1, 0.15) is 62.9 Å². The van der Waals surface area contributed by atoms with Crippen LogP contribution in [0.25, 0.3) is 11.4 Å². The summed E-state index contributed by atoms with van der Waals surface area (Å²) in [6, 6.07) is 17.0. The average molecular weight is 509 g/mol. The maximum Gasteiger partial charge on any atom is 0.249 e. The van der Waals surface area contributed by atoms with Crippen LogP contribution in [0.3, 0.4) is 0 Å². The van der Waals surface area contributed by atoms with Crippen molar-refractivity contribution < 1.29 is 14.1 Å². The molecule has 3 aromatic rings. The summed E-state index contributed by atoms with van der Waals surface area (Å²) in [5, 5.41) is 4.73. The van der Waals surface area contributed by atoms with E-state index in [2.05, 4.69) is 17.1 Å². The number of halogens is 1. The highest BCUT2D eigenvalue weighted by Gasteiger charge is 2.33. The minimum absolute atomic E-state index is 0.00949. The van der Waals surface area contributed by atoms with Gasteiger partial charge in [-0.05, 0) is 49.8 Å². The van der Waals surface area contributed by atoms with Crippen molar-refractivity contribution in [2.75, 3.05) is 19.6 Å². The fourth-order valence-electron chi connectivity index (χ4n) is 4.55. The van der Waals surface area contributed by atoms with Crippen LogP contribution >= 0.6 is 11.6 Å². The Kier molecular flexibility index (Phi) is 9.11. The number of hydrogen-bond acceptors (Lipinski definition) is 5. The third-order valence-electron chi connectivity index (χ3n) is 6.56. The lowest BCUT2D eigenvalue weighted by Crippen LogP contribution is -2.46. The molecule has 2 aromatic carbocycles. The van der Waals surface area contributed by atoms with Gasteiger partial charge in [0.15, 0.2) is 0 Å². The number of rotatable bonds is 10. The fraction of sp³-hybridized carbons (Fsp3) is 0.429. The number of hydrogen-bond donors (Lipinski definition) is 0. The Morgan fingerprint density at radius 1 is 1.14 bits per heavy atom. The summed E-state index contributed by atoms with van der Waals surface area (Å²) in [5.41, 5.74) is 1.89. The van der Waals surface area contributed by atoms with E-state index in [1.54, 1.807) is 17.0 Å². The summed E-state index contributed by atoms with van der Waals surface area (Å²) in [4.78, 5) is 34.7. The summed E-state index contributed by atoms with van der Waals surface area (Å²) in [7, 11) is 0. The lowest BCUT2D eigenvalue weighted by molar-refractivity contribution is -0.143. The molecule has 2 amide bonds. The first kappa shape index (κ1) is 25.9. The zero-order valence-electron chi connectivity index (χ0n) is 20.7. The molecule has 1 aliphatic heterocycles. The molecule has 0 spiro atoms. The Bertz CT molecular complexity index is 1150. The van der Waals surface area contributed by atoms with Crippen molar-refractivity contribution in [3.05, 3.63) is 71.1 Å². The van der Waals surface area contributed by atoms with Crippen LogP contribution in [0.15, 0.2) is 59.1 Å². The van der Waals surface area contributed by atoms with Gasteiger partial charge in [-0.3, -0.25) is 9.59 Å². The molecule has 0 radical (unpaired) electrons. The van der Waals surface area contributed by atoms with Gasteiger partial charge in [0, 0.05) is 30.1 Å². The third-order valence-corrected chi connectivity index (χ3v) is 6.80. The number of unbranched alkanes of at least 4 members (excludes halogenated alkanes) is 1. The minimum atomic E-state index is -0.292. The SMILES string of the molecule is CCCCN(CC(=O)N1CCCCC1c1nc(-c2cccc(Cl)c2)no1)C(=O)CCc1ccccc1. The molecule has 1 aliphatic rings. The van der Waals surface area contributed by atoms with Gasteiger partial charge in [-0.1, -0.05) is 72.6 Å². The predicted octanol–water partition coefficient (Wildman–Crippen LogP) is 5.71. The smallest absolute Gasteiger partial charge is 0.249 e. The Morgan fingerprint density at radius 3 is 2.75 bits per heavy atom. The van der Waals surface area contributed by atoms with Crippen LogP contribution in [0.2, 0.25) is 5.02 Å². The second-order valence-corrected chi connectivity index (χ2v) is 9.66. The average Bonchev–Trinajstić information content (AvgIpc) is 3.40. The first-order valence-corrected chi connectivity index (χ1v) is 13.1. The molecule has 4 rings (SSSR count). The largest absolute Gasteiger partial charge is 0.337 e. The number of nitrogens with zero attached hydrogens (tertiary/aromatic N) is 4. The number of carbonyl (C=O) groups excluding carboxylic acids is 2. The first-order chi connectivity index (χ1) is 17.5. The van der Waals surface area contributed by atoms with E-state index in [-0.39, 0.29) is 24.4 Å². The Labute approximate surface area is 217 Å². The lowest BCUT2D eigenvalue weighted by Gasteiger charge is -2.35. The molecule has 0 bridgehead atoms. The number of benzene rings is 2. The third kappa shape index (κ3) is 6.72. The molecule has 0 saturated carbocycles. The predicted molar refractivity (Wildman–Crippen MR) is 139 cm³/mol. The van der Waals surface area contributed by atoms with Crippen LogP contribution in [0.4, 0.5) is 0 Å². The Morgan fingerprint density at radius 2 is 1.97 bits per heavy atom. The summed E-state index contributed by atoms with van der Waals surface area (Å²) in [6.45, 7) is 3.34. The minimum Gasteiger partial charge on any atom is -0.337 e. The fourth-order valence-corrected chi connectivity index (χ4v) is 4.74. The summed E-state index contributed by atoms with van der Waals surface area (Å²) in [5.74, 6) is 0.807. The quantitative estimate of drug-likeness (QED) is 0.350. The van der Waals surface area contributed by atoms with Crippen molar-refractivity contribution >= 4 is 23.4 Å². The van der Waals surface area contributed by atoms with Gasteiger partial charge in [0.2, 0.25) is 23.5 Å². The van der Waals surface area contributed by atoms with E-state index in [0.717, 1.165) is 43.2 Å². The van der Waals surface area contributed by atoms with Crippen molar-refractivity contribution in [1.82, 2.24) is 19.9 Å². The molecule has 0 N–H and O–H groups in total. The van der Waals surface area contributed by atoms with Crippen LogP contribution in [-0.2, 0) is 16.0 Å². The van der Waals surface area contributed by atoms with Gasteiger partial charge in [-0.2, -0.15) is 4.98 Å². The molecular formula is C28H33ClN4O3. The number of aryl methyl sites for hydroxylation is 1. The van der Waals surface area contributed by atoms with Crippen LogP contribution in [0, 0.1) is 0 Å². The van der Waals surface area contributed by atoms with Gasteiger partial charge in [-0.25, -0.2) is 0 Å². The van der Waals surface area contributed by atoms with Crippen molar-refractivity contribution in [2.24, 2.45) is 0 Å². The number of aromatic nitrogens is 2. The maximum atomic E-state index is 13.5. The van der Waals surface area contributed by atoms with E-state index < -0.39 is 0 Å². The molecule has 1 saturated heterocycles.